The topological polar surface area (TPSA) is 137 Å². The molecule has 294 valence electrons. The molecule has 0 N–H and O–H groups in total. The van der Waals surface area contributed by atoms with Crippen LogP contribution in [0.25, 0.3) is 0 Å². The third-order valence-corrected chi connectivity index (χ3v) is 6.67. The Labute approximate surface area is 296 Å². The maximum absolute atomic E-state index is 11.5. The first-order valence-corrected chi connectivity index (χ1v) is 18.3. The second-order valence-electron chi connectivity index (χ2n) is 11.0. The monoisotopic (exact) mass is 714 g/mol. The summed E-state index contributed by atoms with van der Waals surface area (Å²) in [7, 11) is 0. The van der Waals surface area contributed by atoms with Crippen LogP contribution in [0.5, 0.6) is 0 Å². The van der Waals surface area contributed by atoms with Gasteiger partial charge < -0.3 is 61.6 Å². The summed E-state index contributed by atoms with van der Waals surface area (Å²) in [6.45, 7) is 19.2. The largest absolute Gasteiger partial charge is 0.463 e. The molecule has 1 atom stereocenters. The first-order valence-electron chi connectivity index (χ1n) is 18.3. The molecule has 1 unspecified atom stereocenters. The summed E-state index contributed by atoms with van der Waals surface area (Å²) < 4.78 is 70.8. The van der Waals surface area contributed by atoms with Gasteiger partial charge in [0, 0.05) is 13.0 Å². The van der Waals surface area contributed by atoms with Crippen LogP contribution in [-0.2, 0) is 66.4 Å². The first-order chi connectivity index (χ1) is 24.2. The molecule has 0 aromatic carbocycles. The fraction of sp³-hybridized carbons (Fsp3) is 0.971. The van der Waals surface area contributed by atoms with Crippen LogP contribution in [-0.4, -0.2) is 171 Å². The van der Waals surface area contributed by atoms with Crippen LogP contribution in [0.1, 0.15) is 52.9 Å². The van der Waals surface area contributed by atoms with Gasteiger partial charge >= 0.3 is 5.97 Å². The van der Waals surface area contributed by atoms with Crippen molar-refractivity contribution in [3.63, 3.8) is 0 Å². The normalized spacial score (nSPS) is 12.1. The fourth-order valence-corrected chi connectivity index (χ4v) is 3.63. The van der Waals surface area contributed by atoms with Crippen molar-refractivity contribution in [2.24, 2.45) is 5.92 Å². The first kappa shape index (κ1) is 48.0. The second-order valence-corrected chi connectivity index (χ2v) is 11.0. The average molecular weight is 715 g/mol. The van der Waals surface area contributed by atoms with E-state index in [0.717, 1.165) is 32.3 Å². The van der Waals surface area contributed by atoms with Gasteiger partial charge in [0.2, 0.25) is 0 Å². The van der Waals surface area contributed by atoms with Crippen LogP contribution in [0.2, 0.25) is 0 Å². The van der Waals surface area contributed by atoms with E-state index in [1.165, 1.54) is 0 Å². The van der Waals surface area contributed by atoms with Gasteiger partial charge in [0.1, 0.15) is 6.61 Å². The number of ether oxygens (including phenoxy) is 13. The summed E-state index contributed by atoms with van der Waals surface area (Å²) in [6.07, 6.45) is 4.62. The standard InChI is InChI=1S/C35H70O14/c1-4-6-7-8-35(36)49-32-31-47-28-27-45-24-23-43-20-19-41-16-15-39-12-11-37-9-10-38-13-14-40-17-18-42-21-22-44-25-26-46-29-30-48-33-34(3)5-2/h34H,4-33H2,1-3H3. The Kier molecular flexibility index (Phi) is 42.3. The van der Waals surface area contributed by atoms with Crippen LogP contribution in [0.4, 0.5) is 0 Å². The van der Waals surface area contributed by atoms with Crippen molar-refractivity contribution in [1.82, 2.24) is 0 Å². The molecule has 0 rings (SSSR count). The molecule has 14 heteroatoms. The predicted molar refractivity (Wildman–Crippen MR) is 184 cm³/mol. The van der Waals surface area contributed by atoms with Gasteiger partial charge in [-0.25, -0.2) is 0 Å². The van der Waals surface area contributed by atoms with Gasteiger partial charge in [-0.3, -0.25) is 4.79 Å². The molecule has 0 saturated heterocycles. The van der Waals surface area contributed by atoms with Gasteiger partial charge in [-0.15, -0.1) is 0 Å². The summed E-state index contributed by atoms with van der Waals surface area (Å²) in [5.74, 6) is 0.435. The molecular formula is C35H70O14. The maximum Gasteiger partial charge on any atom is 0.305 e. The molecule has 0 amide bonds. The van der Waals surface area contributed by atoms with E-state index in [1.807, 2.05) is 0 Å². The lowest BCUT2D eigenvalue weighted by atomic mass is 10.1. The van der Waals surface area contributed by atoms with Crippen molar-refractivity contribution >= 4 is 5.97 Å². The smallest absolute Gasteiger partial charge is 0.305 e. The zero-order chi connectivity index (χ0) is 35.6. The number of carbonyl (C=O) groups is 1. The Balaban J connectivity index is 3.08. The number of carbonyl (C=O) groups excluding carboxylic acids is 1. The Bertz CT molecular complexity index is 631. The number of hydrogen-bond donors (Lipinski definition) is 0. The van der Waals surface area contributed by atoms with Gasteiger partial charge in [0.25, 0.3) is 0 Å². The number of hydrogen-bond acceptors (Lipinski definition) is 14. The van der Waals surface area contributed by atoms with Crippen LogP contribution < -0.4 is 0 Å². The van der Waals surface area contributed by atoms with Gasteiger partial charge in [-0.2, -0.15) is 0 Å². The molecular weight excluding hydrogens is 644 g/mol. The molecule has 0 spiro atoms. The molecule has 0 saturated carbocycles. The third-order valence-electron chi connectivity index (χ3n) is 6.67. The summed E-state index contributed by atoms with van der Waals surface area (Å²) in [5, 5.41) is 0. The Morgan fingerprint density at radius 1 is 0.388 bits per heavy atom. The van der Waals surface area contributed by atoms with E-state index in [1.54, 1.807) is 0 Å². The average Bonchev–Trinajstić information content (AvgIpc) is 3.11. The van der Waals surface area contributed by atoms with Crippen molar-refractivity contribution in [1.29, 1.82) is 0 Å². The van der Waals surface area contributed by atoms with Gasteiger partial charge in [0.05, 0.1) is 152 Å². The van der Waals surface area contributed by atoms with E-state index >= 15 is 0 Å². The van der Waals surface area contributed by atoms with Crippen LogP contribution >= 0.6 is 0 Å². The number of rotatable bonds is 43. The van der Waals surface area contributed by atoms with Crippen molar-refractivity contribution < 1.29 is 66.4 Å². The molecule has 0 aromatic heterocycles. The van der Waals surface area contributed by atoms with E-state index in [-0.39, 0.29) is 12.6 Å². The molecule has 0 aliphatic rings. The van der Waals surface area contributed by atoms with Crippen LogP contribution in [0.15, 0.2) is 0 Å². The Morgan fingerprint density at radius 3 is 0.918 bits per heavy atom. The Morgan fingerprint density at radius 2 is 0.653 bits per heavy atom. The molecule has 14 nitrogen and oxygen atoms in total. The van der Waals surface area contributed by atoms with Gasteiger partial charge in [-0.05, 0) is 12.3 Å². The quantitative estimate of drug-likeness (QED) is 0.0674. The predicted octanol–water partition coefficient (Wildman–Crippen LogP) is 3.36. The summed E-state index contributed by atoms with van der Waals surface area (Å²) >= 11 is 0. The molecule has 0 heterocycles. The highest BCUT2D eigenvalue weighted by atomic mass is 16.6. The van der Waals surface area contributed by atoms with Crippen molar-refractivity contribution in [2.45, 2.75) is 52.9 Å². The summed E-state index contributed by atoms with van der Waals surface area (Å²) in [4.78, 5) is 11.5. The maximum atomic E-state index is 11.5. The van der Waals surface area contributed by atoms with E-state index in [4.69, 9.17) is 61.6 Å². The molecule has 0 aromatic rings. The summed E-state index contributed by atoms with van der Waals surface area (Å²) in [6, 6.07) is 0. The van der Waals surface area contributed by atoms with Crippen molar-refractivity contribution in [3.8, 4) is 0 Å². The SMILES string of the molecule is CCCCCC(=O)OCCOCCOCCOCCOCCOCCOCCOCCOCCOCCOCCOCCOCC(C)CC. The lowest BCUT2D eigenvalue weighted by molar-refractivity contribution is -0.145. The minimum absolute atomic E-state index is 0.159. The van der Waals surface area contributed by atoms with E-state index in [2.05, 4.69) is 20.8 Å². The van der Waals surface area contributed by atoms with Crippen LogP contribution in [0, 0.1) is 5.92 Å². The number of esters is 1. The Hall–Kier alpha value is -1.01. The zero-order valence-corrected chi connectivity index (χ0v) is 31.0. The van der Waals surface area contributed by atoms with E-state index in [0.29, 0.717) is 164 Å². The van der Waals surface area contributed by atoms with Crippen molar-refractivity contribution in [3.05, 3.63) is 0 Å². The second kappa shape index (κ2) is 43.2. The highest BCUT2D eigenvalue weighted by Crippen LogP contribution is 2.01. The van der Waals surface area contributed by atoms with E-state index < -0.39 is 0 Å². The van der Waals surface area contributed by atoms with Crippen LogP contribution in [0.3, 0.4) is 0 Å². The van der Waals surface area contributed by atoms with Crippen molar-refractivity contribution in [2.75, 3.05) is 165 Å². The van der Waals surface area contributed by atoms with Gasteiger partial charge in [-0.1, -0.05) is 40.0 Å². The van der Waals surface area contributed by atoms with Gasteiger partial charge in [0.15, 0.2) is 0 Å². The third kappa shape index (κ3) is 43.1. The minimum Gasteiger partial charge on any atom is -0.463 e. The molecule has 0 aliphatic carbocycles. The van der Waals surface area contributed by atoms with E-state index in [9.17, 15) is 4.79 Å². The zero-order valence-electron chi connectivity index (χ0n) is 31.0. The highest BCUT2D eigenvalue weighted by Gasteiger charge is 2.02. The highest BCUT2D eigenvalue weighted by molar-refractivity contribution is 5.69. The minimum atomic E-state index is -0.159. The molecule has 0 fully saturated rings. The lowest BCUT2D eigenvalue weighted by Gasteiger charge is -2.10. The number of unbranched alkanes of at least 4 members (excludes halogenated alkanes) is 2. The summed E-state index contributed by atoms with van der Waals surface area (Å²) in [5.41, 5.74) is 0. The fourth-order valence-electron chi connectivity index (χ4n) is 3.63. The lowest BCUT2D eigenvalue weighted by Crippen LogP contribution is -2.16. The molecule has 0 aliphatic heterocycles. The molecule has 0 radical (unpaired) electrons. The molecule has 0 bridgehead atoms. The molecule has 49 heavy (non-hydrogen) atoms.